The third kappa shape index (κ3) is 5.16. The molecule has 0 radical (unpaired) electrons. The van der Waals surface area contributed by atoms with Gasteiger partial charge in [-0.15, -0.1) is 5.10 Å². The number of aliphatic hydroxyl groups is 1. The third-order valence-electron chi connectivity index (χ3n) is 6.18. The highest BCUT2D eigenvalue weighted by atomic mass is 16.3. The van der Waals surface area contributed by atoms with E-state index in [1.54, 1.807) is 4.68 Å². The first-order chi connectivity index (χ1) is 16.0. The number of Topliss-reactive ketones (excluding diaryl/α,β-unsaturated/α-hetero) is 1. The van der Waals surface area contributed by atoms with Crippen LogP contribution in [0.2, 0.25) is 0 Å². The fourth-order valence-corrected chi connectivity index (χ4v) is 4.22. The predicted octanol–water partition coefficient (Wildman–Crippen LogP) is 1.59. The first-order valence-electron chi connectivity index (χ1n) is 11.3. The van der Waals surface area contributed by atoms with Gasteiger partial charge in [-0.1, -0.05) is 18.2 Å². The summed E-state index contributed by atoms with van der Waals surface area (Å²) in [6.45, 7) is 4.21. The highest BCUT2D eigenvalue weighted by Gasteiger charge is 2.25. The molecule has 1 saturated heterocycles. The molecule has 3 aromatic rings. The molecule has 2 aromatic heterocycles. The molecule has 174 valence electrons. The molecule has 10 nitrogen and oxygen atoms in total. The van der Waals surface area contributed by atoms with Crippen LogP contribution >= 0.6 is 0 Å². The molecular formula is C23H29N7O3. The number of aromatic nitrogens is 5. The number of carbonyl (C=O) groups excluding carboxylic acids is 2. The van der Waals surface area contributed by atoms with Crippen LogP contribution in [0.25, 0.3) is 11.0 Å². The van der Waals surface area contributed by atoms with Crippen LogP contribution in [0.4, 0.5) is 5.95 Å². The zero-order chi connectivity index (χ0) is 23.4. The summed E-state index contributed by atoms with van der Waals surface area (Å²) in [5, 5.41) is 17.1. The smallest absolute Gasteiger partial charge is 0.225 e. The zero-order valence-electron chi connectivity index (χ0n) is 19.0. The molecule has 1 aliphatic rings. The van der Waals surface area contributed by atoms with Crippen molar-refractivity contribution >= 4 is 28.7 Å². The second-order valence-corrected chi connectivity index (χ2v) is 8.45. The molecule has 0 aliphatic carbocycles. The summed E-state index contributed by atoms with van der Waals surface area (Å²) in [6.07, 6.45) is 5.26. The van der Waals surface area contributed by atoms with Crippen molar-refractivity contribution in [2.45, 2.75) is 32.7 Å². The lowest BCUT2D eigenvalue weighted by molar-refractivity contribution is -0.132. The number of hydrogen-bond donors (Lipinski definition) is 1. The van der Waals surface area contributed by atoms with Crippen LogP contribution < -0.4 is 4.90 Å². The molecule has 1 aliphatic heterocycles. The number of ketones is 1. The highest BCUT2D eigenvalue weighted by Crippen LogP contribution is 2.23. The maximum Gasteiger partial charge on any atom is 0.225 e. The quantitative estimate of drug-likeness (QED) is 0.513. The van der Waals surface area contributed by atoms with Crippen LogP contribution in [-0.4, -0.2) is 72.9 Å². The molecule has 1 amide bonds. The Morgan fingerprint density at radius 1 is 1.18 bits per heavy atom. The molecule has 10 heteroatoms. The van der Waals surface area contributed by atoms with E-state index in [4.69, 9.17) is 5.11 Å². The van der Waals surface area contributed by atoms with E-state index >= 15 is 0 Å². The lowest BCUT2D eigenvalue weighted by Gasteiger charge is -2.35. The van der Waals surface area contributed by atoms with Gasteiger partial charge < -0.3 is 14.9 Å². The zero-order valence-corrected chi connectivity index (χ0v) is 19.0. The fraction of sp³-hybridized carbons (Fsp3) is 0.478. The van der Waals surface area contributed by atoms with Crippen LogP contribution in [0.1, 0.15) is 42.1 Å². The number of hydrogen-bond acceptors (Lipinski definition) is 8. The van der Waals surface area contributed by atoms with Crippen molar-refractivity contribution in [1.29, 1.82) is 0 Å². The van der Waals surface area contributed by atoms with E-state index in [-0.39, 0.29) is 11.7 Å². The first kappa shape index (κ1) is 22.8. The number of nitrogens with zero attached hydrogens (tertiary/aromatic N) is 7. The van der Waals surface area contributed by atoms with Gasteiger partial charge in [0.2, 0.25) is 11.9 Å². The number of piperidine rings is 1. The number of rotatable bonds is 8. The summed E-state index contributed by atoms with van der Waals surface area (Å²) in [5.74, 6) is 0.740. The average Bonchev–Trinajstić information content (AvgIpc) is 3.23. The number of aryl methyl sites for hydroxylation is 1. The molecule has 3 heterocycles. The van der Waals surface area contributed by atoms with Gasteiger partial charge >= 0.3 is 0 Å². The van der Waals surface area contributed by atoms with E-state index in [0.29, 0.717) is 36.9 Å². The van der Waals surface area contributed by atoms with Crippen LogP contribution in [0, 0.1) is 5.92 Å². The van der Waals surface area contributed by atoms with Crippen molar-refractivity contribution in [3.8, 4) is 0 Å². The van der Waals surface area contributed by atoms with Crippen molar-refractivity contribution in [2.75, 3.05) is 31.1 Å². The minimum Gasteiger partial charge on any atom is -0.388 e. The van der Waals surface area contributed by atoms with Crippen molar-refractivity contribution in [2.24, 2.45) is 13.0 Å². The van der Waals surface area contributed by atoms with Crippen molar-refractivity contribution in [1.82, 2.24) is 29.9 Å². The van der Waals surface area contributed by atoms with Gasteiger partial charge in [0.1, 0.15) is 12.1 Å². The maximum atomic E-state index is 12.7. The second kappa shape index (κ2) is 10.0. The molecule has 0 atom stereocenters. The van der Waals surface area contributed by atoms with Gasteiger partial charge in [0.05, 0.1) is 11.1 Å². The standard InChI is InChI=1S/C23H29N7O3/c1-3-22(33)30(14-17-4-5-19-20(10-17)28(2)27-26-19)13-16-6-8-29(9-7-16)23-24-11-18(12-25-23)21(32)15-31/h4-5,10-12,16,31H,3,6-9,13-15H2,1-2H3. The molecule has 4 rings (SSSR count). The van der Waals surface area contributed by atoms with E-state index in [1.807, 2.05) is 31.0 Å². The van der Waals surface area contributed by atoms with Crippen molar-refractivity contribution in [3.05, 3.63) is 41.7 Å². The van der Waals surface area contributed by atoms with Gasteiger partial charge in [-0.25, -0.2) is 14.6 Å². The van der Waals surface area contributed by atoms with E-state index in [1.165, 1.54) is 12.4 Å². The number of aliphatic hydroxyl groups excluding tert-OH is 1. The largest absolute Gasteiger partial charge is 0.388 e. The summed E-state index contributed by atoms with van der Waals surface area (Å²) in [6, 6.07) is 6.01. The molecule has 0 bridgehead atoms. The lowest BCUT2D eigenvalue weighted by Crippen LogP contribution is -2.41. The minimum absolute atomic E-state index is 0.146. The first-order valence-corrected chi connectivity index (χ1v) is 11.3. The summed E-state index contributed by atoms with van der Waals surface area (Å²) >= 11 is 0. The van der Waals surface area contributed by atoms with Crippen LogP contribution in [-0.2, 0) is 18.4 Å². The third-order valence-corrected chi connectivity index (χ3v) is 6.18. The van der Waals surface area contributed by atoms with Gasteiger partial charge in [-0.3, -0.25) is 9.59 Å². The number of carbonyl (C=O) groups is 2. The van der Waals surface area contributed by atoms with Crippen LogP contribution in [0.5, 0.6) is 0 Å². The predicted molar refractivity (Wildman–Crippen MR) is 123 cm³/mol. The molecule has 0 unspecified atom stereocenters. The summed E-state index contributed by atoms with van der Waals surface area (Å²) < 4.78 is 1.74. The van der Waals surface area contributed by atoms with Gasteiger partial charge in [-0.05, 0) is 36.5 Å². The van der Waals surface area contributed by atoms with E-state index in [9.17, 15) is 9.59 Å². The molecule has 1 N–H and O–H groups in total. The minimum atomic E-state index is -0.548. The van der Waals surface area contributed by atoms with E-state index in [2.05, 4.69) is 31.2 Å². The lowest BCUT2D eigenvalue weighted by atomic mass is 9.96. The summed E-state index contributed by atoms with van der Waals surface area (Å²) in [5.41, 5.74) is 3.18. The number of amides is 1. The molecule has 1 aromatic carbocycles. The number of fused-ring (bicyclic) bond motifs is 1. The van der Waals surface area contributed by atoms with Crippen LogP contribution in [0.15, 0.2) is 30.6 Å². The summed E-state index contributed by atoms with van der Waals surface area (Å²) in [7, 11) is 1.86. The molecule has 33 heavy (non-hydrogen) atoms. The SMILES string of the molecule is CCC(=O)N(Cc1ccc2nnn(C)c2c1)CC1CCN(c2ncc(C(=O)CO)cn2)CC1. The monoisotopic (exact) mass is 451 g/mol. The van der Waals surface area contributed by atoms with Gasteiger partial charge in [-0.2, -0.15) is 0 Å². The van der Waals surface area contributed by atoms with E-state index < -0.39 is 6.61 Å². The van der Waals surface area contributed by atoms with Crippen molar-refractivity contribution < 1.29 is 14.7 Å². The highest BCUT2D eigenvalue weighted by molar-refractivity contribution is 5.96. The molecule has 0 saturated carbocycles. The Hall–Kier alpha value is -3.40. The van der Waals surface area contributed by atoms with Crippen molar-refractivity contribution in [3.63, 3.8) is 0 Å². The topological polar surface area (TPSA) is 117 Å². The fourth-order valence-electron chi connectivity index (χ4n) is 4.22. The average molecular weight is 452 g/mol. The number of anilines is 1. The maximum absolute atomic E-state index is 12.7. The molecular weight excluding hydrogens is 422 g/mol. The Bertz CT molecular complexity index is 1120. The summed E-state index contributed by atoms with van der Waals surface area (Å²) in [4.78, 5) is 36.9. The van der Waals surface area contributed by atoms with Gasteiger partial charge in [0, 0.05) is 52.0 Å². The molecule has 1 fully saturated rings. The Kier molecular flexibility index (Phi) is 6.93. The van der Waals surface area contributed by atoms with E-state index in [0.717, 1.165) is 42.5 Å². The Morgan fingerprint density at radius 2 is 1.91 bits per heavy atom. The van der Waals surface area contributed by atoms with Gasteiger partial charge in [0.25, 0.3) is 0 Å². The van der Waals surface area contributed by atoms with Gasteiger partial charge in [0.15, 0.2) is 5.78 Å². The second-order valence-electron chi connectivity index (χ2n) is 8.45. The number of benzene rings is 1. The Balaban J connectivity index is 1.37. The normalized spacial score (nSPS) is 14.6. The molecule has 0 spiro atoms. The Morgan fingerprint density at radius 3 is 2.58 bits per heavy atom. The Labute approximate surface area is 192 Å². The van der Waals surface area contributed by atoms with Crippen LogP contribution in [0.3, 0.4) is 0 Å².